The summed E-state index contributed by atoms with van der Waals surface area (Å²) in [6, 6.07) is 10.8. The molecule has 1 amide bonds. The molecule has 0 atom stereocenters. The molecule has 0 spiro atoms. The molecule has 0 radical (unpaired) electrons. The summed E-state index contributed by atoms with van der Waals surface area (Å²) < 4.78 is 32.1. The van der Waals surface area contributed by atoms with E-state index in [4.69, 9.17) is 27.9 Å². The summed E-state index contributed by atoms with van der Waals surface area (Å²) >= 11 is 12.5. The molecule has 0 bridgehead atoms. The Kier molecular flexibility index (Phi) is 6.04. The molecule has 0 fully saturated rings. The maximum Gasteiger partial charge on any atom is 0.291 e. The van der Waals surface area contributed by atoms with Gasteiger partial charge in [0.25, 0.3) is 20.3 Å². The third-order valence-corrected chi connectivity index (χ3v) is 6.49. The number of hydrogen-bond donors (Lipinski definition) is 2. The SMILES string of the molecule is COc1cccc(NS(=O)(=O)c2nnc(NC(=O)c3ccc(Cl)cc3Cl)s2)c1. The Hall–Kier alpha value is -2.40. The molecule has 12 heteroatoms. The van der Waals surface area contributed by atoms with Crippen LogP contribution in [-0.2, 0) is 10.0 Å². The third kappa shape index (κ3) is 4.71. The second-order valence-corrected chi connectivity index (χ2v) is 8.97. The lowest BCUT2D eigenvalue weighted by Crippen LogP contribution is -2.12. The van der Waals surface area contributed by atoms with Crippen molar-refractivity contribution < 1.29 is 17.9 Å². The molecular weight excluding hydrogens is 447 g/mol. The highest BCUT2D eigenvalue weighted by Crippen LogP contribution is 2.26. The summed E-state index contributed by atoms with van der Waals surface area (Å²) in [5.41, 5.74) is 0.466. The lowest BCUT2D eigenvalue weighted by Gasteiger charge is -2.06. The Bertz CT molecular complexity index is 1140. The lowest BCUT2D eigenvalue weighted by atomic mass is 10.2. The van der Waals surface area contributed by atoms with Gasteiger partial charge in [-0.15, -0.1) is 10.2 Å². The van der Waals surface area contributed by atoms with Crippen molar-refractivity contribution in [3.8, 4) is 5.75 Å². The molecule has 8 nitrogen and oxygen atoms in total. The van der Waals surface area contributed by atoms with Crippen LogP contribution in [0.3, 0.4) is 0 Å². The number of hydrogen-bond acceptors (Lipinski definition) is 7. The van der Waals surface area contributed by atoms with Gasteiger partial charge in [0.15, 0.2) is 0 Å². The predicted molar refractivity (Wildman–Crippen MR) is 108 cm³/mol. The Morgan fingerprint density at radius 1 is 1.14 bits per heavy atom. The van der Waals surface area contributed by atoms with Crippen molar-refractivity contribution in [1.29, 1.82) is 0 Å². The second-order valence-electron chi connectivity index (χ2n) is 5.29. The standard InChI is InChI=1S/C16H12Cl2N4O4S2/c1-26-11-4-2-3-10(8-11)22-28(24,25)16-21-20-15(27-16)19-14(23)12-6-5-9(17)7-13(12)18/h2-8,22H,1H3,(H,19,20,23). The molecule has 28 heavy (non-hydrogen) atoms. The van der Waals surface area contributed by atoms with Gasteiger partial charge in [0, 0.05) is 11.1 Å². The Morgan fingerprint density at radius 3 is 2.64 bits per heavy atom. The number of sulfonamides is 1. The molecule has 3 rings (SSSR count). The highest BCUT2D eigenvalue weighted by atomic mass is 35.5. The fraction of sp³-hybridized carbons (Fsp3) is 0.0625. The number of ether oxygens (including phenoxy) is 1. The number of nitrogens with one attached hydrogen (secondary N) is 2. The number of anilines is 2. The Labute approximate surface area is 174 Å². The minimum atomic E-state index is -3.99. The summed E-state index contributed by atoms with van der Waals surface area (Å²) in [5.74, 6) is -0.0761. The topological polar surface area (TPSA) is 110 Å². The molecule has 0 saturated carbocycles. The molecule has 0 saturated heterocycles. The molecule has 0 aliphatic carbocycles. The summed E-state index contributed by atoms with van der Waals surface area (Å²) in [6.07, 6.45) is 0. The first-order valence-electron chi connectivity index (χ1n) is 7.55. The van der Waals surface area contributed by atoms with Crippen LogP contribution in [0.4, 0.5) is 10.8 Å². The maximum absolute atomic E-state index is 12.5. The van der Waals surface area contributed by atoms with Crippen LogP contribution in [0.5, 0.6) is 5.75 Å². The summed E-state index contributed by atoms with van der Waals surface area (Å²) in [4.78, 5) is 12.3. The van der Waals surface area contributed by atoms with E-state index in [0.29, 0.717) is 27.8 Å². The number of aromatic nitrogens is 2. The van der Waals surface area contributed by atoms with Gasteiger partial charge in [-0.2, -0.15) is 8.42 Å². The fourth-order valence-electron chi connectivity index (χ4n) is 2.09. The van der Waals surface area contributed by atoms with Crippen LogP contribution in [0, 0.1) is 0 Å². The number of rotatable bonds is 6. The predicted octanol–water partition coefficient (Wildman–Crippen LogP) is 3.91. The highest BCUT2D eigenvalue weighted by molar-refractivity contribution is 7.94. The number of benzene rings is 2. The van der Waals surface area contributed by atoms with Crippen molar-refractivity contribution in [3.05, 3.63) is 58.1 Å². The first kappa shape index (κ1) is 20.3. The van der Waals surface area contributed by atoms with Crippen LogP contribution in [0.25, 0.3) is 0 Å². The van der Waals surface area contributed by atoms with E-state index in [1.165, 1.54) is 31.4 Å². The molecule has 1 aromatic heterocycles. The van der Waals surface area contributed by atoms with E-state index in [1.54, 1.807) is 18.2 Å². The maximum atomic E-state index is 12.5. The van der Waals surface area contributed by atoms with Gasteiger partial charge in [0.2, 0.25) is 5.13 Å². The quantitative estimate of drug-likeness (QED) is 0.541. The highest BCUT2D eigenvalue weighted by Gasteiger charge is 2.22. The van der Waals surface area contributed by atoms with Gasteiger partial charge < -0.3 is 4.74 Å². The van der Waals surface area contributed by atoms with E-state index >= 15 is 0 Å². The van der Waals surface area contributed by atoms with Crippen molar-refractivity contribution >= 4 is 61.3 Å². The summed E-state index contributed by atoms with van der Waals surface area (Å²) in [7, 11) is -2.51. The Balaban J connectivity index is 1.76. The van der Waals surface area contributed by atoms with E-state index in [9.17, 15) is 13.2 Å². The van der Waals surface area contributed by atoms with Crippen LogP contribution >= 0.6 is 34.5 Å². The van der Waals surface area contributed by atoms with Gasteiger partial charge in [-0.1, -0.05) is 40.6 Å². The van der Waals surface area contributed by atoms with E-state index in [0.717, 1.165) is 0 Å². The smallest absolute Gasteiger partial charge is 0.291 e. The normalized spacial score (nSPS) is 11.1. The van der Waals surface area contributed by atoms with Gasteiger partial charge in [-0.05, 0) is 30.3 Å². The monoisotopic (exact) mass is 458 g/mol. The third-order valence-electron chi connectivity index (χ3n) is 3.35. The summed E-state index contributed by atoms with van der Waals surface area (Å²) in [6.45, 7) is 0. The van der Waals surface area contributed by atoms with Crippen molar-refractivity contribution in [2.24, 2.45) is 0 Å². The minimum Gasteiger partial charge on any atom is -0.497 e. The average molecular weight is 459 g/mol. The van der Waals surface area contributed by atoms with Crippen LogP contribution in [0.2, 0.25) is 10.0 Å². The zero-order valence-electron chi connectivity index (χ0n) is 14.1. The molecule has 146 valence electrons. The first-order chi connectivity index (χ1) is 13.3. The molecule has 1 heterocycles. The second kappa shape index (κ2) is 8.31. The van der Waals surface area contributed by atoms with Crippen LogP contribution in [0.1, 0.15) is 10.4 Å². The van der Waals surface area contributed by atoms with Crippen molar-refractivity contribution in [2.45, 2.75) is 4.34 Å². The molecule has 0 aliphatic heterocycles. The van der Waals surface area contributed by atoms with Crippen LogP contribution < -0.4 is 14.8 Å². The zero-order chi connectivity index (χ0) is 20.3. The van der Waals surface area contributed by atoms with Crippen molar-refractivity contribution in [2.75, 3.05) is 17.1 Å². The average Bonchev–Trinajstić information content (AvgIpc) is 3.11. The molecule has 3 aromatic rings. The number of methoxy groups -OCH3 is 1. The molecule has 2 N–H and O–H groups in total. The van der Waals surface area contributed by atoms with Gasteiger partial charge in [-0.25, -0.2) is 0 Å². The largest absolute Gasteiger partial charge is 0.497 e. The number of nitrogens with zero attached hydrogens (tertiary/aromatic N) is 2. The van der Waals surface area contributed by atoms with E-state index in [2.05, 4.69) is 20.2 Å². The van der Waals surface area contributed by atoms with Gasteiger partial charge in [0.05, 0.1) is 23.4 Å². The molecular formula is C16H12Cl2N4O4S2. The molecule has 2 aromatic carbocycles. The van der Waals surface area contributed by atoms with Gasteiger partial charge >= 0.3 is 0 Å². The number of halogens is 2. The van der Waals surface area contributed by atoms with Crippen molar-refractivity contribution in [3.63, 3.8) is 0 Å². The first-order valence-corrected chi connectivity index (χ1v) is 10.6. The number of amides is 1. The van der Waals surface area contributed by atoms with E-state index < -0.39 is 15.9 Å². The van der Waals surface area contributed by atoms with Crippen LogP contribution in [0.15, 0.2) is 46.8 Å². The van der Waals surface area contributed by atoms with Crippen LogP contribution in [-0.4, -0.2) is 31.6 Å². The minimum absolute atomic E-state index is 0.00188. The van der Waals surface area contributed by atoms with Gasteiger partial charge in [0.1, 0.15) is 5.75 Å². The lowest BCUT2D eigenvalue weighted by molar-refractivity contribution is 0.102. The van der Waals surface area contributed by atoms with E-state index in [1.807, 2.05) is 0 Å². The zero-order valence-corrected chi connectivity index (χ0v) is 17.3. The Morgan fingerprint density at radius 2 is 1.93 bits per heavy atom. The van der Waals surface area contributed by atoms with Gasteiger partial charge in [-0.3, -0.25) is 14.8 Å². The summed E-state index contributed by atoms with van der Waals surface area (Å²) in [5, 5.41) is 10.3. The molecule has 0 unspecified atom stereocenters. The van der Waals surface area contributed by atoms with Crippen molar-refractivity contribution in [1.82, 2.24) is 10.2 Å². The fourth-order valence-corrected chi connectivity index (χ4v) is 4.53. The number of carbonyl (C=O) groups is 1. The van der Waals surface area contributed by atoms with E-state index in [-0.39, 0.29) is 20.1 Å². The number of carbonyl (C=O) groups excluding carboxylic acids is 1. The molecule has 0 aliphatic rings.